The first-order chi connectivity index (χ1) is 9.72. The molecule has 0 amide bonds. The molecule has 0 atom stereocenters. The van der Waals surface area contributed by atoms with Crippen molar-refractivity contribution in [1.29, 1.82) is 5.26 Å². The van der Waals surface area contributed by atoms with Crippen molar-refractivity contribution in [3.8, 4) is 6.07 Å². The zero-order valence-corrected chi connectivity index (χ0v) is 12.2. The van der Waals surface area contributed by atoms with E-state index in [1.165, 1.54) is 0 Å². The molecule has 0 spiro atoms. The second kappa shape index (κ2) is 7.09. The number of hydrogen-bond donors (Lipinski definition) is 1. The summed E-state index contributed by atoms with van der Waals surface area (Å²) in [5.74, 6) is 0. The van der Waals surface area contributed by atoms with Gasteiger partial charge in [0.2, 0.25) is 0 Å². The van der Waals surface area contributed by atoms with Crippen molar-refractivity contribution in [1.82, 2.24) is 14.9 Å². The van der Waals surface area contributed by atoms with Crippen LogP contribution in [0.3, 0.4) is 0 Å². The topological polar surface area (TPSA) is 53.6 Å². The van der Waals surface area contributed by atoms with Gasteiger partial charge < -0.3 is 9.88 Å². The number of hydrogen-bond acceptors (Lipinski definition) is 3. The summed E-state index contributed by atoms with van der Waals surface area (Å²) in [7, 11) is 0. The fourth-order valence-corrected chi connectivity index (χ4v) is 2.16. The zero-order valence-electron chi connectivity index (χ0n) is 11.4. The van der Waals surface area contributed by atoms with Gasteiger partial charge in [-0.1, -0.05) is 24.6 Å². The molecule has 2 aromatic rings. The molecule has 1 aromatic heterocycles. The summed E-state index contributed by atoms with van der Waals surface area (Å²) >= 11 is 6.17. The molecule has 2 rings (SSSR count). The molecular formula is C15H17ClN4. The molecule has 1 N–H and O–H groups in total. The molecule has 0 aliphatic carbocycles. The molecule has 1 aromatic carbocycles. The molecular weight excluding hydrogens is 272 g/mol. The molecule has 0 radical (unpaired) electrons. The van der Waals surface area contributed by atoms with E-state index in [0.29, 0.717) is 17.1 Å². The molecule has 0 saturated carbocycles. The highest BCUT2D eigenvalue weighted by Gasteiger charge is 2.04. The van der Waals surface area contributed by atoms with Gasteiger partial charge in [-0.15, -0.1) is 0 Å². The number of nitriles is 1. The SMILES string of the molecule is CCCNCc1cn(Cc2ccc(C#N)cc2Cl)cn1. The number of rotatable bonds is 6. The summed E-state index contributed by atoms with van der Waals surface area (Å²) in [6, 6.07) is 7.44. The van der Waals surface area contributed by atoms with Crippen LogP contribution in [0, 0.1) is 11.3 Å². The Kier molecular flexibility index (Phi) is 5.16. The lowest BCUT2D eigenvalue weighted by Gasteiger charge is -2.05. The van der Waals surface area contributed by atoms with Crippen molar-refractivity contribution in [2.75, 3.05) is 6.54 Å². The van der Waals surface area contributed by atoms with Crippen molar-refractivity contribution in [3.63, 3.8) is 0 Å². The maximum absolute atomic E-state index is 8.82. The van der Waals surface area contributed by atoms with E-state index in [1.807, 2.05) is 16.8 Å². The van der Waals surface area contributed by atoms with Crippen molar-refractivity contribution >= 4 is 11.6 Å². The average molecular weight is 289 g/mol. The number of nitrogens with one attached hydrogen (secondary N) is 1. The van der Waals surface area contributed by atoms with Gasteiger partial charge in [-0.2, -0.15) is 5.26 Å². The summed E-state index contributed by atoms with van der Waals surface area (Å²) < 4.78 is 2.00. The normalized spacial score (nSPS) is 10.4. The Bertz CT molecular complexity index is 613. The van der Waals surface area contributed by atoms with Gasteiger partial charge in [0.05, 0.1) is 23.7 Å². The van der Waals surface area contributed by atoms with Gasteiger partial charge in [0.25, 0.3) is 0 Å². The molecule has 0 aliphatic heterocycles. The van der Waals surface area contributed by atoms with Gasteiger partial charge in [-0.3, -0.25) is 0 Å². The second-order valence-electron chi connectivity index (χ2n) is 4.63. The van der Waals surface area contributed by atoms with Gasteiger partial charge >= 0.3 is 0 Å². The first kappa shape index (κ1) is 14.6. The largest absolute Gasteiger partial charge is 0.333 e. The maximum atomic E-state index is 8.82. The van der Waals surface area contributed by atoms with Crippen LogP contribution in [0.25, 0.3) is 0 Å². The molecule has 0 fully saturated rings. The lowest BCUT2D eigenvalue weighted by Crippen LogP contribution is -2.13. The predicted molar refractivity (Wildman–Crippen MR) is 79.5 cm³/mol. The average Bonchev–Trinajstić information content (AvgIpc) is 2.89. The van der Waals surface area contributed by atoms with E-state index >= 15 is 0 Å². The highest BCUT2D eigenvalue weighted by Crippen LogP contribution is 2.18. The summed E-state index contributed by atoms with van der Waals surface area (Å²) in [5, 5.41) is 12.7. The number of imidazole rings is 1. The first-order valence-electron chi connectivity index (χ1n) is 6.63. The first-order valence-corrected chi connectivity index (χ1v) is 7.00. The minimum Gasteiger partial charge on any atom is -0.333 e. The van der Waals surface area contributed by atoms with Gasteiger partial charge in [-0.25, -0.2) is 4.98 Å². The molecule has 5 heteroatoms. The molecule has 0 saturated heterocycles. The van der Waals surface area contributed by atoms with Crippen molar-refractivity contribution < 1.29 is 0 Å². The van der Waals surface area contributed by atoms with E-state index in [1.54, 1.807) is 18.5 Å². The number of benzene rings is 1. The third kappa shape index (κ3) is 3.83. The minimum absolute atomic E-state index is 0.578. The Balaban J connectivity index is 2.01. The van der Waals surface area contributed by atoms with Crippen molar-refractivity contribution in [2.45, 2.75) is 26.4 Å². The monoisotopic (exact) mass is 288 g/mol. The van der Waals surface area contributed by atoms with Gasteiger partial charge in [0.1, 0.15) is 0 Å². The Labute approximate surface area is 124 Å². The lowest BCUT2D eigenvalue weighted by atomic mass is 10.1. The van der Waals surface area contributed by atoms with Crippen LogP contribution < -0.4 is 5.32 Å². The van der Waals surface area contributed by atoms with Crippen LogP contribution in [-0.2, 0) is 13.1 Å². The Morgan fingerprint density at radius 2 is 2.30 bits per heavy atom. The lowest BCUT2D eigenvalue weighted by molar-refractivity contribution is 0.665. The molecule has 20 heavy (non-hydrogen) atoms. The molecule has 0 unspecified atom stereocenters. The summed E-state index contributed by atoms with van der Waals surface area (Å²) in [6.07, 6.45) is 4.93. The van der Waals surface area contributed by atoms with Crippen LogP contribution >= 0.6 is 11.6 Å². The molecule has 1 heterocycles. The fourth-order valence-electron chi connectivity index (χ4n) is 1.92. The molecule has 4 nitrogen and oxygen atoms in total. The third-order valence-electron chi connectivity index (χ3n) is 2.95. The van der Waals surface area contributed by atoms with E-state index in [9.17, 15) is 0 Å². The summed E-state index contributed by atoms with van der Waals surface area (Å²) in [5.41, 5.74) is 2.58. The van der Waals surface area contributed by atoms with Crippen LogP contribution in [-0.4, -0.2) is 16.1 Å². The Morgan fingerprint density at radius 1 is 1.45 bits per heavy atom. The number of halogens is 1. The number of nitrogens with zero attached hydrogens (tertiary/aromatic N) is 3. The minimum atomic E-state index is 0.578. The van der Waals surface area contributed by atoms with E-state index in [-0.39, 0.29) is 0 Å². The Hall–Kier alpha value is -1.83. The number of aromatic nitrogens is 2. The van der Waals surface area contributed by atoms with Crippen LogP contribution in [0.15, 0.2) is 30.7 Å². The van der Waals surface area contributed by atoms with Gasteiger partial charge in [0, 0.05) is 24.3 Å². The predicted octanol–water partition coefficient (Wildman–Crippen LogP) is 2.96. The van der Waals surface area contributed by atoms with Crippen molar-refractivity contribution in [2.24, 2.45) is 0 Å². The van der Waals surface area contributed by atoms with Crippen molar-refractivity contribution in [3.05, 3.63) is 52.6 Å². The molecule has 0 aliphatic rings. The Morgan fingerprint density at radius 3 is 3.00 bits per heavy atom. The van der Waals surface area contributed by atoms with E-state index in [4.69, 9.17) is 16.9 Å². The third-order valence-corrected chi connectivity index (χ3v) is 3.31. The highest BCUT2D eigenvalue weighted by atomic mass is 35.5. The maximum Gasteiger partial charge on any atom is 0.0992 e. The highest BCUT2D eigenvalue weighted by molar-refractivity contribution is 6.31. The summed E-state index contributed by atoms with van der Waals surface area (Å²) in [4.78, 5) is 4.35. The molecule has 0 bridgehead atoms. The second-order valence-corrected chi connectivity index (χ2v) is 5.04. The molecule has 104 valence electrons. The van der Waals surface area contributed by atoms with Gasteiger partial charge in [-0.05, 0) is 30.7 Å². The van der Waals surface area contributed by atoms with Crippen LogP contribution in [0.2, 0.25) is 5.02 Å². The van der Waals surface area contributed by atoms with Crippen LogP contribution in [0.1, 0.15) is 30.2 Å². The van der Waals surface area contributed by atoms with E-state index in [0.717, 1.165) is 30.8 Å². The van der Waals surface area contributed by atoms with Crippen LogP contribution in [0.4, 0.5) is 0 Å². The van der Waals surface area contributed by atoms with E-state index in [2.05, 4.69) is 23.3 Å². The zero-order chi connectivity index (χ0) is 14.4. The summed E-state index contributed by atoms with van der Waals surface area (Å²) in [6.45, 7) is 4.57. The quantitative estimate of drug-likeness (QED) is 0.832. The van der Waals surface area contributed by atoms with E-state index < -0.39 is 0 Å². The standard InChI is InChI=1S/C15H17ClN4/c1-2-5-18-8-14-10-20(11-19-14)9-13-4-3-12(7-17)6-15(13)16/h3-4,6,10-11,18H,2,5,8-9H2,1H3. The van der Waals surface area contributed by atoms with Crippen LogP contribution in [0.5, 0.6) is 0 Å². The van der Waals surface area contributed by atoms with Gasteiger partial charge in [0.15, 0.2) is 0 Å². The fraction of sp³-hybridized carbons (Fsp3) is 0.333. The smallest absolute Gasteiger partial charge is 0.0992 e.